The number of amides is 1. The van der Waals surface area contributed by atoms with Crippen LogP contribution in [-0.2, 0) is 4.79 Å². The lowest BCUT2D eigenvalue weighted by molar-refractivity contribution is -0.131. The molecule has 8 heteroatoms. The molecule has 27 heavy (non-hydrogen) atoms. The van der Waals surface area contributed by atoms with E-state index < -0.39 is 18.3 Å². The number of aromatic nitrogens is 1. The van der Waals surface area contributed by atoms with E-state index in [2.05, 4.69) is 15.7 Å². The molecule has 1 fully saturated rings. The summed E-state index contributed by atoms with van der Waals surface area (Å²) in [6.07, 6.45) is 1.71. The van der Waals surface area contributed by atoms with Crippen molar-refractivity contribution < 1.29 is 19.4 Å². The fourth-order valence-electron chi connectivity index (χ4n) is 3.46. The van der Waals surface area contributed by atoms with Crippen LogP contribution in [0, 0.1) is 0 Å². The number of nitrogens with one attached hydrogen (secondary N) is 2. The minimum atomic E-state index is -0.938. The summed E-state index contributed by atoms with van der Waals surface area (Å²) < 4.78 is 10.7. The zero-order valence-corrected chi connectivity index (χ0v) is 14.9. The van der Waals surface area contributed by atoms with Gasteiger partial charge in [-0.3, -0.25) is 9.78 Å². The second-order valence-corrected chi connectivity index (χ2v) is 6.28. The topological polar surface area (TPSA) is 96.0 Å². The van der Waals surface area contributed by atoms with Gasteiger partial charge in [-0.25, -0.2) is 10.4 Å². The number of hydrogen-bond acceptors (Lipinski definition) is 7. The summed E-state index contributed by atoms with van der Waals surface area (Å²) in [5.41, 5.74) is 4.84. The normalized spacial score (nSPS) is 24.1. The van der Waals surface area contributed by atoms with Gasteiger partial charge in [0.2, 0.25) is 0 Å². The van der Waals surface area contributed by atoms with Gasteiger partial charge in [-0.15, -0.1) is 0 Å². The van der Waals surface area contributed by atoms with E-state index in [-0.39, 0.29) is 5.91 Å². The molecule has 1 saturated heterocycles. The van der Waals surface area contributed by atoms with Gasteiger partial charge < -0.3 is 19.9 Å². The molecule has 2 aliphatic rings. The Labute approximate surface area is 156 Å². The smallest absolute Gasteiger partial charge is 0.264 e. The van der Waals surface area contributed by atoms with Crippen LogP contribution in [0.25, 0.3) is 5.70 Å². The lowest BCUT2D eigenvalue weighted by atomic mass is 9.98. The fraction of sp³-hybridized carbons (Fsp3) is 0.263. The molecule has 0 bridgehead atoms. The highest BCUT2D eigenvalue weighted by molar-refractivity contribution is 5.97. The quantitative estimate of drug-likeness (QED) is 0.735. The number of hydrogen-bond donors (Lipinski definition) is 3. The molecule has 1 amide bonds. The molecule has 0 radical (unpaired) electrons. The van der Waals surface area contributed by atoms with Crippen molar-refractivity contribution >= 4 is 11.6 Å². The lowest BCUT2D eigenvalue weighted by Gasteiger charge is -2.32. The predicted octanol–water partition coefficient (Wildman–Crippen LogP) is 0.818. The Balaban J connectivity index is 1.71. The SMILES string of the molecule is COc1ccc(C2=CC(=O)N3NC(O)C(c4ccccn4)C3N2)c(OC)c1. The maximum absolute atomic E-state index is 12.7. The van der Waals surface area contributed by atoms with E-state index in [1.165, 1.54) is 11.1 Å². The van der Waals surface area contributed by atoms with Crippen LogP contribution in [0.1, 0.15) is 17.2 Å². The molecule has 1 aromatic heterocycles. The molecule has 0 aliphatic carbocycles. The minimum Gasteiger partial charge on any atom is -0.497 e. The van der Waals surface area contributed by atoms with E-state index in [4.69, 9.17) is 9.47 Å². The highest BCUT2D eigenvalue weighted by Crippen LogP contribution is 2.35. The predicted molar refractivity (Wildman–Crippen MR) is 97.4 cm³/mol. The highest BCUT2D eigenvalue weighted by atomic mass is 16.5. The fourth-order valence-corrected chi connectivity index (χ4v) is 3.46. The molecule has 3 unspecified atom stereocenters. The summed E-state index contributed by atoms with van der Waals surface area (Å²) in [5, 5.41) is 15.2. The van der Waals surface area contributed by atoms with Crippen LogP contribution in [-0.4, -0.2) is 47.6 Å². The molecule has 3 heterocycles. The van der Waals surface area contributed by atoms with Gasteiger partial charge in [0, 0.05) is 23.9 Å². The Morgan fingerprint density at radius 1 is 1.19 bits per heavy atom. The average Bonchev–Trinajstić information content (AvgIpc) is 3.04. The largest absolute Gasteiger partial charge is 0.497 e. The molecular weight excluding hydrogens is 348 g/mol. The number of aliphatic hydroxyl groups excluding tert-OH is 1. The van der Waals surface area contributed by atoms with Gasteiger partial charge in [0.05, 0.1) is 31.5 Å². The van der Waals surface area contributed by atoms with Crippen LogP contribution in [0.2, 0.25) is 0 Å². The van der Waals surface area contributed by atoms with Crippen LogP contribution in [0.5, 0.6) is 11.5 Å². The Hall–Kier alpha value is -3.10. The molecule has 8 nitrogen and oxygen atoms in total. The summed E-state index contributed by atoms with van der Waals surface area (Å²) in [4.78, 5) is 17.0. The first kappa shape index (κ1) is 17.3. The van der Waals surface area contributed by atoms with E-state index in [1.54, 1.807) is 32.5 Å². The lowest BCUT2D eigenvalue weighted by Crippen LogP contribution is -2.52. The molecule has 3 atom stereocenters. The van der Waals surface area contributed by atoms with E-state index in [0.717, 1.165) is 5.56 Å². The molecule has 2 aliphatic heterocycles. The molecule has 2 aromatic rings. The first-order valence-corrected chi connectivity index (χ1v) is 8.51. The zero-order chi connectivity index (χ0) is 19.0. The third-order valence-corrected chi connectivity index (χ3v) is 4.77. The minimum absolute atomic E-state index is 0.260. The van der Waals surface area contributed by atoms with E-state index in [0.29, 0.717) is 22.9 Å². The Bertz CT molecular complexity index is 887. The van der Waals surface area contributed by atoms with Gasteiger partial charge in [-0.2, -0.15) is 0 Å². The molecular formula is C19H20N4O4. The van der Waals surface area contributed by atoms with Gasteiger partial charge >= 0.3 is 0 Å². The number of carbonyl (C=O) groups excluding carboxylic acids is 1. The molecule has 0 saturated carbocycles. The highest BCUT2D eigenvalue weighted by Gasteiger charge is 2.46. The van der Waals surface area contributed by atoms with Crippen LogP contribution < -0.4 is 20.2 Å². The third-order valence-electron chi connectivity index (χ3n) is 4.77. The van der Waals surface area contributed by atoms with Crippen molar-refractivity contribution in [3.8, 4) is 11.5 Å². The van der Waals surface area contributed by atoms with E-state index >= 15 is 0 Å². The number of pyridine rings is 1. The van der Waals surface area contributed by atoms with E-state index in [9.17, 15) is 9.90 Å². The number of benzene rings is 1. The van der Waals surface area contributed by atoms with Crippen LogP contribution >= 0.6 is 0 Å². The summed E-state index contributed by atoms with van der Waals surface area (Å²) in [7, 11) is 3.14. The van der Waals surface area contributed by atoms with Crippen molar-refractivity contribution in [2.75, 3.05) is 14.2 Å². The van der Waals surface area contributed by atoms with Crippen LogP contribution in [0.4, 0.5) is 0 Å². The van der Waals surface area contributed by atoms with E-state index in [1.807, 2.05) is 24.3 Å². The first-order valence-electron chi connectivity index (χ1n) is 8.51. The van der Waals surface area contributed by atoms with Crippen molar-refractivity contribution in [1.29, 1.82) is 0 Å². The second-order valence-electron chi connectivity index (χ2n) is 6.28. The Morgan fingerprint density at radius 3 is 2.74 bits per heavy atom. The van der Waals surface area contributed by atoms with Crippen LogP contribution in [0.3, 0.4) is 0 Å². The molecule has 4 rings (SSSR count). The van der Waals surface area contributed by atoms with Gasteiger partial charge in [-0.05, 0) is 24.3 Å². The number of fused-ring (bicyclic) bond motifs is 1. The first-order chi connectivity index (χ1) is 13.1. The Kier molecular flexibility index (Phi) is 4.43. The number of aliphatic hydroxyl groups is 1. The van der Waals surface area contributed by atoms with Gasteiger partial charge in [0.15, 0.2) is 0 Å². The monoisotopic (exact) mass is 368 g/mol. The third kappa shape index (κ3) is 2.98. The van der Waals surface area contributed by atoms with Crippen molar-refractivity contribution in [3.63, 3.8) is 0 Å². The van der Waals surface area contributed by atoms with Gasteiger partial charge in [0.1, 0.15) is 23.9 Å². The summed E-state index contributed by atoms with van der Waals surface area (Å²) in [5.74, 6) is 0.548. The van der Waals surface area contributed by atoms with Gasteiger partial charge in [0.25, 0.3) is 5.91 Å². The number of carbonyl (C=O) groups is 1. The van der Waals surface area contributed by atoms with Crippen molar-refractivity contribution in [1.82, 2.24) is 20.7 Å². The number of nitrogens with zero attached hydrogens (tertiary/aromatic N) is 2. The standard InChI is InChI=1S/C19H20N4O4/c1-26-11-6-7-12(15(9-11)27-2)14-10-16(24)23-18(21-14)17(19(25)22-23)13-5-3-4-8-20-13/h3-10,17-19,21-22,25H,1-2H3. The summed E-state index contributed by atoms with van der Waals surface area (Å²) in [6.45, 7) is 0. The van der Waals surface area contributed by atoms with Crippen molar-refractivity contribution in [3.05, 3.63) is 59.9 Å². The number of hydrazine groups is 1. The molecule has 0 spiro atoms. The zero-order valence-electron chi connectivity index (χ0n) is 14.9. The maximum atomic E-state index is 12.7. The average molecular weight is 368 g/mol. The molecule has 1 aromatic carbocycles. The summed E-state index contributed by atoms with van der Waals surface area (Å²) >= 11 is 0. The molecule has 3 N–H and O–H groups in total. The number of methoxy groups -OCH3 is 2. The molecule has 140 valence electrons. The van der Waals surface area contributed by atoms with Gasteiger partial charge in [-0.1, -0.05) is 6.07 Å². The van der Waals surface area contributed by atoms with Crippen molar-refractivity contribution in [2.24, 2.45) is 0 Å². The van der Waals surface area contributed by atoms with Crippen LogP contribution in [0.15, 0.2) is 48.7 Å². The van der Waals surface area contributed by atoms with Crippen molar-refractivity contribution in [2.45, 2.75) is 18.3 Å². The number of rotatable bonds is 4. The number of ether oxygens (including phenoxy) is 2. The maximum Gasteiger partial charge on any atom is 0.264 e. The second kappa shape index (κ2) is 6.90. The summed E-state index contributed by atoms with van der Waals surface area (Å²) in [6, 6.07) is 10.9. The Morgan fingerprint density at radius 2 is 2.04 bits per heavy atom.